The summed E-state index contributed by atoms with van der Waals surface area (Å²) in [7, 11) is 0. The van der Waals surface area contributed by atoms with Crippen molar-refractivity contribution in [1.29, 1.82) is 0 Å². The number of rotatable bonds is 5. The fourth-order valence-electron chi connectivity index (χ4n) is 2.45. The molecule has 122 valence electrons. The van der Waals surface area contributed by atoms with Crippen LogP contribution < -0.4 is 5.32 Å². The number of Topliss-reactive ketones (excluding diaryl/α,β-unsaturated/α-hetero) is 1. The van der Waals surface area contributed by atoms with Crippen molar-refractivity contribution >= 4 is 28.4 Å². The first-order chi connectivity index (χ1) is 11.5. The van der Waals surface area contributed by atoms with E-state index in [2.05, 4.69) is 5.32 Å². The van der Waals surface area contributed by atoms with Gasteiger partial charge in [0.15, 0.2) is 5.76 Å². The highest BCUT2D eigenvalue weighted by Crippen LogP contribution is 2.26. The lowest BCUT2D eigenvalue weighted by Crippen LogP contribution is -2.14. The Kier molecular flexibility index (Phi) is 4.04. The molecule has 0 radical (unpaired) electrons. The zero-order valence-corrected chi connectivity index (χ0v) is 12.8. The molecule has 0 spiro atoms. The van der Waals surface area contributed by atoms with E-state index in [4.69, 9.17) is 9.52 Å². The first-order valence-corrected chi connectivity index (χ1v) is 7.25. The molecule has 0 amide bonds. The predicted octanol–water partition coefficient (Wildman–Crippen LogP) is 3.87. The van der Waals surface area contributed by atoms with Gasteiger partial charge in [0.25, 0.3) is 0 Å². The Morgan fingerprint density at radius 1 is 1.17 bits per heavy atom. The molecule has 0 aliphatic carbocycles. The van der Waals surface area contributed by atoms with Gasteiger partial charge in [-0.3, -0.25) is 4.79 Å². The van der Waals surface area contributed by atoms with E-state index in [1.165, 1.54) is 30.3 Å². The lowest BCUT2D eigenvalue weighted by molar-refractivity contribution is 0.0696. The standard InChI is InChI=1S/C18H14FNO4/c1-10-14-8-12(19)4-7-16(14)24-17(10)15(21)9-20-13-5-2-11(3-6-13)18(22)23/h2-8,20H,9H2,1H3,(H,22,23). The van der Waals surface area contributed by atoms with Crippen LogP contribution in [0.2, 0.25) is 0 Å². The van der Waals surface area contributed by atoms with Gasteiger partial charge in [0, 0.05) is 16.6 Å². The van der Waals surface area contributed by atoms with Gasteiger partial charge in [-0.2, -0.15) is 0 Å². The van der Waals surface area contributed by atoms with E-state index in [1.807, 2.05) is 0 Å². The molecule has 0 aliphatic rings. The van der Waals surface area contributed by atoms with Crippen LogP contribution in [-0.2, 0) is 0 Å². The minimum atomic E-state index is -1.01. The van der Waals surface area contributed by atoms with Gasteiger partial charge in [-0.15, -0.1) is 0 Å². The van der Waals surface area contributed by atoms with Crippen LogP contribution in [0.3, 0.4) is 0 Å². The molecule has 3 aromatic rings. The molecule has 0 unspecified atom stereocenters. The number of carboxylic acid groups (broad SMARTS) is 1. The summed E-state index contributed by atoms with van der Waals surface area (Å²) in [6, 6.07) is 10.2. The Labute approximate surface area is 136 Å². The van der Waals surface area contributed by atoms with Gasteiger partial charge in [0.1, 0.15) is 11.4 Å². The van der Waals surface area contributed by atoms with Crippen LogP contribution >= 0.6 is 0 Å². The van der Waals surface area contributed by atoms with Gasteiger partial charge in [0.05, 0.1) is 12.1 Å². The summed E-state index contributed by atoms with van der Waals surface area (Å²) < 4.78 is 18.8. The number of halogens is 1. The zero-order valence-electron chi connectivity index (χ0n) is 12.8. The molecule has 5 nitrogen and oxygen atoms in total. The minimum Gasteiger partial charge on any atom is -0.478 e. The number of furan rings is 1. The van der Waals surface area contributed by atoms with Crippen molar-refractivity contribution in [2.24, 2.45) is 0 Å². The van der Waals surface area contributed by atoms with Crippen LogP contribution in [0.15, 0.2) is 46.9 Å². The van der Waals surface area contributed by atoms with Crippen molar-refractivity contribution in [3.8, 4) is 0 Å². The van der Waals surface area contributed by atoms with E-state index in [-0.39, 0.29) is 29.5 Å². The molecule has 6 heteroatoms. The van der Waals surface area contributed by atoms with Crippen molar-refractivity contribution in [3.63, 3.8) is 0 Å². The van der Waals surface area contributed by atoms with Crippen molar-refractivity contribution in [1.82, 2.24) is 0 Å². The Morgan fingerprint density at radius 2 is 1.88 bits per heavy atom. The van der Waals surface area contributed by atoms with Crippen LogP contribution in [0.5, 0.6) is 0 Å². The van der Waals surface area contributed by atoms with E-state index in [1.54, 1.807) is 19.1 Å². The summed E-state index contributed by atoms with van der Waals surface area (Å²) in [5.41, 5.74) is 1.84. The molecule has 0 aliphatic heterocycles. The Hall–Kier alpha value is -3.15. The predicted molar refractivity (Wildman–Crippen MR) is 87.1 cm³/mol. The SMILES string of the molecule is Cc1c(C(=O)CNc2ccc(C(=O)O)cc2)oc2ccc(F)cc12. The second kappa shape index (κ2) is 6.16. The van der Waals surface area contributed by atoms with Crippen LogP contribution in [0.25, 0.3) is 11.0 Å². The van der Waals surface area contributed by atoms with Gasteiger partial charge >= 0.3 is 5.97 Å². The highest BCUT2D eigenvalue weighted by Gasteiger charge is 2.17. The summed E-state index contributed by atoms with van der Waals surface area (Å²) in [4.78, 5) is 23.1. The molecule has 3 rings (SSSR count). The highest BCUT2D eigenvalue weighted by molar-refractivity contribution is 6.02. The fourth-order valence-corrected chi connectivity index (χ4v) is 2.45. The molecule has 1 aromatic heterocycles. The largest absolute Gasteiger partial charge is 0.478 e. The molecule has 1 heterocycles. The number of carbonyl (C=O) groups excluding carboxylic acids is 1. The number of aryl methyl sites for hydroxylation is 1. The number of nitrogens with one attached hydrogen (secondary N) is 1. The number of carbonyl (C=O) groups is 2. The number of carboxylic acids is 1. The summed E-state index contributed by atoms with van der Waals surface area (Å²) in [5.74, 6) is -1.48. The first-order valence-electron chi connectivity index (χ1n) is 7.25. The van der Waals surface area contributed by atoms with E-state index in [0.29, 0.717) is 22.2 Å². The number of fused-ring (bicyclic) bond motifs is 1. The van der Waals surface area contributed by atoms with Crippen molar-refractivity contribution in [3.05, 3.63) is 65.2 Å². The average Bonchev–Trinajstić information content (AvgIpc) is 2.89. The lowest BCUT2D eigenvalue weighted by Gasteiger charge is -2.05. The lowest BCUT2D eigenvalue weighted by atomic mass is 10.1. The highest BCUT2D eigenvalue weighted by atomic mass is 19.1. The van der Waals surface area contributed by atoms with E-state index >= 15 is 0 Å². The van der Waals surface area contributed by atoms with E-state index < -0.39 is 5.97 Å². The van der Waals surface area contributed by atoms with Crippen LogP contribution in [0.1, 0.15) is 26.5 Å². The quantitative estimate of drug-likeness (QED) is 0.695. The smallest absolute Gasteiger partial charge is 0.335 e. The second-order valence-electron chi connectivity index (χ2n) is 5.36. The number of benzene rings is 2. The molecule has 2 aromatic carbocycles. The molecule has 0 saturated heterocycles. The third-order valence-corrected chi connectivity index (χ3v) is 3.74. The molecular formula is C18H14FNO4. The van der Waals surface area contributed by atoms with E-state index in [0.717, 1.165) is 0 Å². The average molecular weight is 327 g/mol. The monoisotopic (exact) mass is 327 g/mol. The Balaban J connectivity index is 1.75. The summed E-state index contributed by atoms with van der Waals surface area (Å²) in [6.45, 7) is 1.69. The van der Waals surface area contributed by atoms with Gasteiger partial charge in [0.2, 0.25) is 5.78 Å². The second-order valence-corrected chi connectivity index (χ2v) is 5.36. The molecule has 0 atom stereocenters. The van der Waals surface area contributed by atoms with Crippen LogP contribution in [-0.4, -0.2) is 23.4 Å². The van der Waals surface area contributed by atoms with Gasteiger partial charge in [-0.25, -0.2) is 9.18 Å². The number of ketones is 1. The maximum Gasteiger partial charge on any atom is 0.335 e. The Bertz CT molecular complexity index is 928. The van der Waals surface area contributed by atoms with Crippen LogP contribution in [0.4, 0.5) is 10.1 Å². The molecule has 24 heavy (non-hydrogen) atoms. The number of hydrogen-bond donors (Lipinski definition) is 2. The third kappa shape index (κ3) is 2.99. The van der Waals surface area contributed by atoms with Gasteiger partial charge < -0.3 is 14.8 Å². The van der Waals surface area contributed by atoms with E-state index in [9.17, 15) is 14.0 Å². The Morgan fingerprint density at radius 3 is 2.54 bits per heavy atom. The summed E-state index contributed by atoms with van der Waals surface area (Å²) in [5, 5.41) is 12.3. The van der Waals surface area contributed by atoms with Crippen molar-refractivity contribution in [2.75, 3.05) is 11.9 Å². The minimum absolute atomic E-state index is 0.0183. The maximum atomic E-state index is 13.3. The molecule has 0 bridgehead atoms. The molecule has 0 saturated carbocycles. The van der Waals surface area contributed by atoms with Crippen molar-refractivity contribution in [2.45, 2.75) is 6.92 Å². The topological polar surface area (TPSA) is 79.5 Å². The van der Waals surface area contributed by atoms with Gasteiger partial charge in [-0.1, -0.05) is 0 Å². The normalized spacial score (nSPS) is 10.8. The molecule has 0 fully saturated rings. The molecule has 2 N–H and O–H groups in total. The maximum absolute atomic E-state index is 13.3. The molecular weight excluding hydrogens is 313 g/mol. The fraction of sp³-hybridized carbons (Fsp3) is 0.111. The number of aromatic carboxylic acids is 1. The van der Waals surface area contributed by atoms with Crippen LogP contribution in [0, 0.1) is 12.7 Å². The third-order valence-electron chi connectivity index (χ3n) is 3.74. The first kappa shape index (κ1) is 15.7. The van der Waals surface area contributed by atoms with Gasteiger partial charge in [-0.05, 0) is 49.4 Å². The number of hydrogen-bond acceptors (Lipinski definition) is 4. The number of anilines is 1. The summed E-state index contributed by atoms with van der Waals surface area (Å²) in [6.07, 6.45) is 0. The van der Waals surface area contributed by atoms with Crippen molar-refractivity contribution < 1.29 is 23.5 Å². The summed E-state index contributed by atoms with van der Waals surface area (Å²) >= 11 is 0. The zero-order chi connectivity index (χ0) is 17.3.